The molecule has 1 fully saturated rings. The first-order chi connectivity index (χ1) is 9.33. The van der Waals surface area contributed by atoms with Gasteiger partial charge in [-0.2, -0.15) is 0 Å². The van der Waals surface area contributed by atoms with E-state index >= 15 is 0 Å². The lowest BCUT2D eigenvalue weighted by molar-refractivity contribution is 0.0698. The van der Waals surface area contributed by atoms with Crippen molar-refractivity contribution in [2.24, 2.45) is 5.92 Å². The van der Waals surface area contributed by atoms with Crippen LogP contribution in [0, 0.1) is 5.92 Å². The van der Waals surface area contributed by atoms with Crippen LogP contribution in [0.3, 0.4) is 0 Å². The summed E-state index contributed by atoms with van der Waals surface area (Å²) in [4.78, 5) is 1.45. The molecule has 1 aliphatic heterocycles. The maximum Gasteiger partial charge on any atom is 0.0580 e. The Labute approximate surface area is 120 Å². The highest BCUT2D eigenvalue weighted by Gasteiger charge is 2.24. The Hall–Kier alpha value is -0.510. The summed E-state index contributed by atoms with van der Waals surface area (Å²) in [6.07, 6.45) is 5.77. The zero-order valence-electron chi connectivity index (χ0n) is 11.3. The molecule has 0 aromatic heterocycles. The van der Waals surface area contributed by atoms with E-state index < -0.39 is 0 Å². The van der Waals surface area contributed by atoms with Crippen molar-refractivity contribution in [1.29, 1.82) is 0 Å². The van der Waals surface area contributed by atoms with E-state index in [2.05, 4.69) is 29.6 Å². The molecule has 0 spiro atoms. The maximum absolute atomic E-state index is 9.96. The van der Waals surface area contributed by atoms with Gasteiger partial charge in [-0.1, -0.05) is 31.0 Å². The number of benzene rings is 1. The van der Waals surface area contributed by atoms with Crippen LogP contribution < -0.4 is 5.32 Å². The van der Waals surface area contributed by atoms with Crippen LogP contribution in [0.1, 0.15) is 31.2 Å². The van der Waals surface area contributed by atoms with E-state index in [-0.39, 0.29) is 6.10 Å². The average molecular weight is 277 g/mol. The first-order valence-electron chi connectivity index (χ1n) is 7.46. The molecule has 3 heteroatoms. The molecule has 1 aromatic carbocycles. The number of hydrogen-bond donors (Lipinski definition) is 2. The minimum Gasteiger partial charge on any atom is -0.393 e. The summed E-state index contributed by atoms with van der Waals surface area (Å²) in [6.45, 7) is 2.04. The summed E-state index contributed by atoms with van der Waals surface area (Å²) in [7, 11) is 0. The molecule has 0 amide bonds. The van der Waals surface area contributed by atoms with Gasteiger partial charge in [0.15, 0.2) is 0 Å². The van der Waals surface area contributed by atoms with Crippen LogP contribution in [0.25, 0.3) is 0 Å². The fraction of sp³-hybridized carbons (Fsp3) is 0.625. The van der Waals surface area contributed by atoms with E-state index in [9.17, 15) is 5.11 Å². The van der Waals surface area contributed by atoms with Gasteiger partial charge in [-0.05, 0) is 36.8 Å². The van der Waals surface area contributed by atoms with Crippen LogP contribution in [-0.4, -0.2) is 29.5 Å². The van der Waals surface area contributed by atoms with Gasteiger partial charge in [-0.25, -0.2) is 0 Å². The molecule has 1 aliphatic carbocycles. The second kappa shape index (κ2) is 6.29. The zero-order valence-corrected chi connectivity index (χ0v) is 12.2. The highest BCUT2D eigenvalue weighted by Crippen LogP contribution is 2.36. The molecular formula is C16H23NOS. The maximum atomic E-state index is 9.96. The minimum atomic E-state index is -0.0744. The van der Waals surface area contributed by atoms with Gasteiger partial charge in [0.05, 0.1) is 6.10 Å². The van der Waals surface area contributed by atoms with Crippen LogP contribution in [0.4, 0.5) is 0 Å². The van der Waals surface area contributed by atoms with Crippen molar-refractivity contribution in [3.05, 3.63) is 29.8 Å². The molecule has 2 N–H and O–H groups in total. The summed E-state index contributed by atoms with van der Waals surface area (Å²) in [5.41, 5.74) is 1.50. The van der Waals surface area contributed by atoms with Crippen molar-refractivity contribution in [3.8, 4) is 0 Å². The third-order valence-corrected chi connectivity index (χ3v) is 5.68. The lowest BCUT2D eigenvalue weighted by Crippen LogP contribution is -2.36. The van der Waals surface area contributed by atoms with Crippen LogP contribution in [0.15, 0.2) is 29.2 Å². The molecule has 3 unspecified atom stereocenters. The summed E-state index contributed by atoms with van der Waals surface area (Å²) in [5.74, 6) is 0.475. The predicted molar refractivity (Wildman–Crippen MR) is 80.6 cm³/mol. The normalized spacial score (nSPS) is 30.3. The molecule has 3 rings (SSSR count). The number of nitrogens with one attached hydrogen (secondary N) is 1. The molecule has 19 heavy (non-hydrogen) atoms. The Morgan fingerprint density at radius 1 is 1.16 bits per heavy atom. The minimum absolute atomic E-state index is 0.0744. The Morgan fingerprint density at radius 2 is 2.00 bits per heavy atom. The summed E-state index contributed by atoms with van der Waals surface area (Å²) in [5, 5.41) is 14.2. The number of thioether (sulfide) groups is 1. The van der Waals surface area contributed by atoms with Gasteiger partial charge in [0.2, 0.25) is 0 Å². The van der Waals surface area contributed by atoms with E-state index in [0.717, 1.165) is 19.5 Å². The first-order valence-corrected chi connectivity index (χ1v) is 8.34. The number of fused-ring (bicyclic) bond motifs is 1. The van der Waals surface area contributed by atoms with Crippen molar-refractivity contribution < 1.29 is 5.11 Å². The van der Waals surface area contributed by atoms with Crippen molar-refractivity contribution in [1.82, 2.24) is 5.32 Å². The van der Waals surface area contributed by atoms with E-state index in [1.54, 1.807) is 0 Å². The fourth-order valence-electron chi connectivity index (χ4n) is 3.22. The Balaban J connectivity index is 1.42. The number of aliphatic hydroxyl groups is 1. The molecule has 0 bridgehead atoms. The summed E-state index contributed by atoms with van der Waals surface area (Å²) >= 11 is 2.00. The van der Waals surface area contributed by atoms with Gasteiger partial charge in [0.25, 0.3) is 0 Å². The number of rotatable bonds is 4. The van der Waals surface area contributed by atoms with Crippen molar-refractivity contribution in [2.45, 2.75) is 48.4 Å². The molecular weight excluding hydrogens is 254 g/mol. The Morgan fingerprint density at radius 3 is 2.84 bits per heavy atom. The Kier molecular flexibility index (Phi) is 4.46. The molecule has 104 valence electrons. The third kappa shape index (κ3) is 3.33. The second-order valence-electron chi connectivity index (χ2n) is 5.82. The largest absolute Gasteiger partial charge is 0.393 e. The number of aliphatic hydroxyl groups excluding tert-OH is 1. The molecule has 3 atom stereocenters. The summed E-state index contributed by atoms with van der Waals surface area (Å²) < 4.78 is 0. The van der Waals surface area contributed by atoms with Crippen LogP contribution in [0.5, 0.6) is 0 Å². The monoisotopic (exact) mass is 277 g/mol. The quantitative estimate of drug-likeness (QED) is 0.887. The topological polar surface area (TPSA) is 32.3 Å². The van der Waals surface area contributed by atoms with Gasteiger partial charge in [0, 0.05) is 23.2 Å². The van der Waals surface area contributed by atoms with Crippen molar-refractivity contribution >= 4 is 11.8 Å². The highest BCUT2D eigenvalue weighted by molar-refractivity contribution is 8.00. The van der Waals surface area contributed by atoms with Crippen LogP contribution in [-0.2, 0) is 6.42 Å². The van der Waals surface area contributed by atoms with E-state index in [0.29, 0.717) is 11.2 Å². The van der Waals surface area contributed by atoms with E-state index in [1.165, 1.54) is 36.1 Å². The first kappa shape index (κ1) is 13.5. The van der Waals surface area contributed by atoms with Gasteiger partial charge >= 0.3 is 0 Å². The van der Waals surface area contributed by atoms with Gasteiger partial charge in [-0.3, -0.25) is 0 Å². The number of hydrogen-bond acceptors (Lipinski definition) is 3. The van der Waals surface area contributed by atoms with E-state index in [4.69, 9.17) is 0 Å². The lowest BCUT2D eigenvalue weighted by Gasteiger charge is -2.28. The van der Waals surface area contributed by atoms with Crippen LogP contribution in [0.2, 0.25) is 0 Å². The third-order valence-electron chi connectivity index (χ3n) is 4.36. The van der Waals surface area contributed by atoms with Gasteiger partial charge in [0.1, 0.15) is 0 Å². The molecule has 2 aliphatic rings. The molecule has 0 saturated heterocycles. The zero-order chi connectivity index (χ0) is 13.1. The molecule has 1 heterocycles. The molecule has 0 radical (unpaired) electrons. The SMILES string of the molecule is OC1CCCCC1CNCC1Cc2ccccc2S1. The van der Waals surface area contributed by atoms with Crippen molar-refractivity contribution in [3.63, 3.8) is 0 Å². The van der Waals surface area contributed by atoms with Gasteiger partial charge in [-0.15, -0.1) is 11.8 Å². The Bertz CT molecular complexity index is 398. The van der Waals surface area contributed by atoms with Gasteiger partial charge < -0.3 is 10.4 Å². The van der Waals surface area contributed by atoms with E-state index in [1.807, 2.05) is 11.8 Å². The molecule has 2 nitrogen and oxygen atoms in total. The second-order valence-corrected chi connectivity index (χ2v) is 7.16. The highest BCUT2D eigenvalue weighted by atomic mass is 32.2. The van der Waals surface area contributed by atoms with Crippen LogP contribution >= 0.6 is 11.8 Å². The fourth-order valence-corrected chi connectivity index (χ4v) is 4.51. The lowest BCUT2D eigenvalue weighted by atomic mass is 9.86. The van der Waals surface area contributed by atoms with Crippen molar-refractivity contribution in [2.75, 3.05) is 13.1 Å². The smallest absolute Gasteiger partial charge is 0.0580 e. The molecule has 1 saturated carbocycles. The average Bonchev–Trinajstić information content (AvgIpc) is 2.83. The standard InChI is InChI=1S/C16H23NOS/c18-15-7-3-1-6-13(15)10-17-11-14-9-12-5-2-4-8-16(12)19-14/h2,4-5,8,13-15,17-18H,1,3,6-7,9-11H2. The predicted octanol–water partition coefficient (Wildman–Crippen LogP) is 2.84. The summed E-state index contributed by atoms with van der Waals surface area (Å²) in [6, 6.07) is 8.73. The molecule has 1 aromatic rings.